The Bertz CT molecular complexity index is 46.0. The van der Waals surface area contributed by atoms with Crippen LogP contribution in [0.5, 0.6) is 0 Å². The van der Waals surface area contributed by atoms with E-state index in [0.29, 0.717) is 0 Å². The summed E-state index contributed by atoms with van der Waals surface area (Å²) in [6, 6.07) is 0. The second kappa shape index (κ2) is 2.58. The molecule has 0 aromatic heterocycles. The van der Waals surface area contributed by atoms with Gasteiger partial charge in [0.05, 0.1) is 0 Å². The van der Waals surface area contributed by atoms with Gasteiger partial charge in [0.2, 0.25) is 0 Å². The highest BCUT2D eigenvalue weighted by molar-refractivity contribution is 7.80. The minimum Gasteiger partial charge on any atom is -0.325 e. The van der Waals surface area contributed by atoms with Gasteiger partial charge in [-0.15, -0.1) is 0 Å². The lowest BCUT2D eigenvalue weighted by atomic mass is 10.0. The highest BCUT2D eigenvalue weighted by Gasteiger charge is 2.10. The molecule has 2 heteroatoms. The minimum atomic E-state index is -0.0525. The Balaban J connectivity index is 3.36. The van der Waals surface area contributed by atoms with Crippen LogP contribution in [0.15, 0.2) is 0 Å². The van der Waals surface area contributed by atoms with Crippen LogP contribution in [0.3, 0.4) is 0 Å². The maximum atomic E-state index is 5.64. The first-order valence-corrected chi connectivity index (χ1v) is 3.15. The molecule has 0 aliphatic heterocycles. The minimum absolute atomic E-state index is 0.0525. The molecule has 0 amide bonds. The normalized spacial score (nSPS) is 18.9. The number of nitrogens with two attached hydrogens (primary N) is 1. The van der Waals surface area contributed by atoms with Crippen LogP contribution in [0.2, 0.25) is 0 Å². The monoisotopic (exact) mass is 119 g/mol. The van der Waals surface area contributed by atoms with Crippen molar-refractivity contribution in [2.24, 2.45) is 5.73 Å². The van der Waals surface area contributed by atoms with Crippen molar-refractivity contribution < 1.29 is 0 Å². The second-order valence-corrected chi connectivity index (χ2v) is 2.48. The van der Waals surface area contributed by atoms with Gasteiger partial charge in [-0.1, -0.05) is 6.92 Å². The zero-order chi connectivity index (χ0) is 5.91. The number of hydrogen-bond donors (Lipinski definition) is 2. The maximum Gasteiger partial charge on any atom is 0.0212 e. The molecule has 0 fully saturated rings. The average Bonchev–Trinajstić information content (AvgIpc) is 1.68. The molecular formula is C5H13NS. The highest BCUT2D eigenvalue weighted by atomic mass is 32.1. The lowest BCUT2D eigenvalue weighted by molar-refractivity contribution is 0.512. The number of thiol groups is 1. The molecule has 44 valence electrons. The topological polar surface area (TPSA) is 26.0 Å². The lowest BCUT2D eigenvalue weighted by Gasteiger charge is -2.18. The summed E-state index contributed by atoms with van der Waals surface area (Å²) in [6.45, 7) is 4.07. The lowest BCUT2D eigenvalue weighted by Crippen LogP contribution is -2.36. The molecule has 2 N–H and O–H groups in total. The highest BCUT2D eigenvalue weighted by Crippen LogP contribution is 2.04. The Morgan fingerprint density at radius 1 is 1.71 bits per heavy atom. The fraction of sp³-hybridized carbons (Fsp3) is 1.00. The quantitative estimate of drug-likeness (QED) is 0.522. The van der Waals surface area contributed by atoms with Gasteiger partial charge in [0.1, 0.15) is 0 Å². The van der Waals surface area contributed by atoms with Gasteiger partial charge in [-0.3, -0.25) is 0 Å². The van der Waals surface area contributed by atoms with E-state index in [4.69, 9.17) is 5.73 Å². The molecular weight excluding hydrogens is 106 g/mol. The van der Waals surface area contributed by atoms with Gasteiger partial charge in [0.15, 0.2) is 0 Å². The van der Waals surface area contributed by atoms with E-state index in [1.165, 1.54) is 0 Å². The standard InChI is InChI=1S/C5H13NS/c1-3-5(2,6)4-7/h7H,3-4,6H2,1-2H3. The van der Waals surface area contributed by atoms with Gasteiger partial charge < -0.3 is 5.73 Å². The Labute approximate surface area is 50.7 Å². The van der Waals surface area contributed by atoms with Gasteiger partial charge in [-0.05, 0) is 13.3 Å². The van der Waals surface area contributed by atoms with E-state index < -0.39 is 0 Å². The molecule has 0 heterocycles. The molecule has 0 saturated heterocycles. The van der Waals surface area contributed by atoms with E-state index in [0.717, 1.165) is 12.2 Å². The SMILES string of the molecule is CCC(C)(N)CS. The first-order chi connectivity index (χ1) is 3.12. The largest absolute Gasteiger partial charge is 0.325 e. The zero-order valence-corrected chi connectivity index (χ0v) is 5.83. The smallest absolute Gasteiger partial charge is 0.0212 e. The van der Waals surface area contributed by atoms with Crippen LogP contribution in [0.1, 0.15) is 20.3 Å². The van der Waals surface area contributed by atoms with Crippen LogP contribution in [0, 0.1) is 0 Å². The van der Waals surface area contributed by atoms with Gasteiger partial charge in [-0.25, -0.2) is 0 Å². The predicted molar refractivity (Wildman–Crippen MR) is 36.7 cm³/mol. The molecule has 0 aromatic rings. The Morgan fingerprint density at radius 2 is 2.14 bits per heavy atom. The Kier molecular flexibility index (Phi) is 2.69. The second-order valence-electron chi connectivity index (χ2n) is 2.17. The summed E-state index contributed by atoms with van der Waals surface area (Å²) >= 11 is 4.06. The van der Waals surface area contributed by atoms with Crippen molar-refractivity contribution in [1.82, 2.24) is 0 Å². The molecule has 1 atom stereocenters. The van der Waals surface area contributed by atoms with Crippen LogP contribution in [0.25, 0.3) is 0 Å². The maximum absolute atomic E-state index is 5.64. The van der Waals surface area contributed by atoms with E-state index in [1.807, 2.05) is 6.92 Å². The third-order valence-corrected chi connectivity index (χ3v) is 1.89. The van der Waals surface area contributed by atoms with Crippen molar-refractivity contribution in [1.29, 1.82) is 0 Å². The number of hydrogen-bond acceptors (Lipinski definition) is 2. The van der Waals surface area contributed by atoms with Gasteiger partial charge in [-0.2, -0.15) is 12.6 Å². The van der Waals surface area contributed by atoms with E-state index >= 15 is 0 Å². The summed E-state index contributed by atoms with van der Waals surface area (Å²) in [7, 11) is 0. The van der Waals surface area contributed by atoms with Crippen LogP contribution >= 0.6 is 12.6 Å². The Morgan fingerprint density at radius 3 is 2.14 bits per heavy atom. The molecule has 0 bridgehead atoms. The van der Waals surface area contributed by atoms with Crippen molar-refractivity contribution in [2.75, 3.05) is 5.75 Å². The van der Waals surface area contributed by atoms with Gasteiger partial charge >= 0.3 is 0 Å². The predicted octanol–water partition coefficient (Wildman–Crippen LogP) is 1.04. The van der Waals surface area contributed by atoms with E-state index in [-0.39, 0.29) is 5.54 Å². The molecule has 0 radical (unpaired) electrons. The van der Waals surface area contributed by atoms with Crippen LogP contribution in [-0.4, -0.2) is 11.3 Å². The third kappa shape index (κ3) is 2.94. The third-order valence-electron chi connectivity index (χ3n) is 1.17. The summed E-state index contributed by atoms with van der Waals surface area (Å²) in [4.78, 5) is 0. The van der Waals surface area contributed by atoms with E-state index in [9.17, 15) is 0 Å². The van der Waals surface area contributed by atoms with Crippen LogP contribution in [0.4, 0.5) is 0 Å². The van der Waals surface area contributed by atoms with Crippen molar-refractivity contribution in [2.45, 2.75) is 25.8 Å². The summed E-state index contributed by atoms with van der Waals surface area (Å²) in [6.07, 6.45) is 0.997. The molecule has 1 nitrogen and oxygen atoms in total. The number of rotatable bonds is 2. The molecule has 0 aliphatic carbocycles. The molecule has 7 heavy (non-hydrogen) atoms. The summed E-state index contributed by atoms with van der Waals surface area (Å²) in [5.74, 6) is 0.767. The van der Waals surface area contributed by atoms with E-state index in [2.05, 4.69) is 19.6 Å². The average molecular weight is 119 g/mol. The van der Waals surface area contributed by atoms with Crippen molar-refractivity contribution in [3.63, 3.8) is 0 Å². The molecule has 0 aliphatic rings. The summed E-state index contributed by atoms with van der Waals surface area (Å²) in [5.41, 5.74) is 5.59. The molecule has 0 aromatic carbocycles. The zero-order valence-electron chi connectivity index (χ0n) is 4.94. The molecule has 0 rings (SSSR count). The Hall–Kier alpha value is 0.310. The van der Waals surface area contributed by atoms with Crippen molar-refractivity contribution in [3.8, 4) is 0 Å². The fourth-order valence-corrected chi connectivity index (χ4v) is 0.335. The van der Waals surface area contributed by atoms with Crippen molar-refractivity contribution >= 4 is 12.6 Å². The first-order valence-electron chi connectivity index (χ1n) is 2.52. The van der Waals surface area contributed by atoms with Crippen LogP contribution < -0.4 is 5.73 Å². The van der Waals surface area contributed by atoms with E-state index in [1.54, 1.807) is 0 Å². The molecule has 0 saturated carbocycles. The van der Waals surface area contributed by atoms with Crippen molar-refractivity contribution in [3.05, 3.63) is 0 Å². The summed E-state index contributed by atoms with van der Waals surface area (Å²) in [5, 5.41) is 0. The van der Waals surface area contributed by atoms with Gasteiger partial charge in [0.25, 0.3) is 0 Å². The van der Waals surface area contributed by atoms with Crippen LogP contribution in [-0.2, 0) is 0 Å². The van der Waals surface area contributed by atoms with Gasteiger partial charge in [0, 0.05) is 11.3 Å². The summed E-state index contributed by atoms with van der Waals surface area (Å²) < 4.78 is 0. The fourth-order valence-electron chi connectivity index (χ4n) is 0.112. The molecule has 1 unspecified atom stereocenters. The first kappa shape index (κ1) is 7.31. The molecule has 0 spiro atoms.